The zero-order chi connectivity index (χ0) is 17.9. The Morgan fingerprint density at radius 2 is 1.88 bits per heavy atom. The molecule has 0 aliphatic heterocycles. The Bertz CT molecular complexity index is 967. The lowest BCUT2D eigenvalue weighted by Gasteiger charge is -2.11. The molecule has 0 radical (unpaired) electrons. The Balaban J connectivity index is 1.74. The third-order valence-corrected chi connectivity index (χ3v) is 6.24. The summed E-state index contributed by atoms with van der Waals surface area (Å²) in [4.78, 5) is 5.18. The van der Waals surface area contributed by atoms with Crippen LogP contribution >= 0.6 is 11.3 Å². The Morgan fingerprint density at radius 1 is 1.08 bits per heavy atom. The van der Waals surface area contributed by atoms with E-state index in [9.17, 15) is 8.42 Å². The molecule has 2 heterocycles. The van der Waals surface area contributed by atoms with Gasteiger partial charge in [0.25, 0.3) is 10.0 Å². The van der Waals surface area contributed by atoms with Crippen molar-refractivity contribution in [3.8, 4) is 5.75 Å². The number of pyridine rings is 1. The first-order valence-electron chi connectivity index (χ1n) is 7.43. The van der Waals surface area contributed by atoms with Gasteiger partial charge >= 0.3 is 0 Å². The quantitative estimate of drug-likeness (QED) is 0.680. The SMILES string of the molecule is COc1ccccc1Nc1ccc(NS(=O)(=O)c2ccc(C)s2)cn1. The fourth-order valence-electron chi connectivity index (χ4n) is 2.18. The molecule has 0 saturated carbocycles. The smallest absolute Gasteiger partial charge is 0.271 e. The number of benzene rings is 1. The molecule has 6 nitrogen and oxygen atoms in total. The molecule has 0 atom stereocenters. The van der Waals surface area contributed by atoms with E-state index in [1.54, 1.807) is 31.4 Å². The molecule has 0 fully saturated rings. The van der Waals surface area contributed by atoms with E-state index in [0.29, 0.717) is 17.3 Å². The number of aryl methyl sites for hydroxylation is 1. The fourth-order valence-corrected chi connectivity index (χ4v) is 4.50. The van der Waals surface area contributed by atoms with Gasteiger partial charge in [0.2, 0.25) is 0 Å². The lowest BCUT2D eigenvalue weighted by Crippen LogP contribution is -2.11. The molecule has 0 aliphatic rings. The molecule has 0 bridgehead atoms. The number of hydrogen-bond donors (Lipinski definition) is 2. The van der Waals surface area contributed by atoms with Gasteiger partial charge in [0.05, 0.1) is 24.7 Å². The van der Waals surface area contributed by atoms with Crippen LogP contribution in [0.2, 0.25) is 0 Å². The van der Waals surface area contributed by atoms with Crippen molar-refractivity contribution in [3.05, 3.63) is 59.6 Å². The van der Waals surface area contributed by atoms with E-state index in [-0.39, 0.29) is 4.21 Å². The van der Waals surface area contributed by atoms with Gasteiger partial charge in [-0.25, -0.2) is 13.4 Å². The Morgan fingerprint density at radius 3 is 2.52 bits per heavy atom. The molecule has 2 aromatic heterocycles. The molecule has 25 heavy (non-hydrogen) atoms. The van der Waals surface area contributed by atoms with Gasteiger partial charge in [0.15, 0.2) is 0 Å². The number of rotatable bonds is 6. The van der Waals surface area contributed by atoms with E-state index < -0.39 is 10.0 Å². The van der Waals surface area contributed by atoms with Crippen molar-refractivity contribution >= 4 is 38.6 Å². The summed E-state index contributed by atoms with van der Waals surface area (Å²) in [5, 5.41) is 3.14. The topological polar surface area (TPSA) is 80.3 Å². The van der Waals surface area contributed by atoms with Crippen LogP contribution in [-0.2, 0) is 10.0 Å². The van der Waals surface area contributed by atoms with Crippen molar-refractivity contribution in [1.82, 2.24) is 4.98 Å². The van der Waals surface area contributed by atoms with Crippen molar-refractivity contribution in [2.75, 3.05) is 17.1 Å². The number of thiophene rings is 1. The summed E-state index contributed by atoms with van der Waals surface area (Å²) in [6.07, 6.45) is 1.47. The zero-order valence-corrected chi connectivity index (χ0v) is 15.3. The van der Waals surface area contributed by atoms with Gasteiger partial charge in [-0.1, -0.05) is 12.1 Å². The Labute approximate surface area is 150 Å². The lowest BCUT2D eigenvalue weighted by molar-refractivity contribution is 0.417. The van der Waals surface area contributed by atoms with Crippen LogP contribution < -0.4 is 14.8 Å². The second-order valence-corrected chi connectivity index (χ2v) is 8.43. The van der Waals surface area contributed by atoms with Crippen molar-refractivity contribution in [2.45, 2.75) is 11.1 Å². The maximum Gasteiger partial charge on any atom is 0.271 e. The van der Waals surface area contributed by atoms with Crippen molar-refractivity contribution in [1.29, 1.82) is 0 Å². The van der Waals surface area contributed by atoms with Crippen molar-refractivity contribution in [2.24, 2.45) is 0 Å². The molecule has 3 aromatic rings. The average molecular weight is 375 g/mol. The van der Waals surface area contributed by atoms with Gasteiger partial charge in [-0.15, -0.1) is 11.3 Å². The highest BCUT2D eigenvalue weighted by molar-refractivity contribution is 7.94. The molecule has 0 aliphatic carbocycles. The molecule has 3 rings (SSSR count). The van der Waals surface area contributed by atoms with Crippen molar-refractivity contribution in [3.63, 3.8) is 0 Å². The van der Waals surface area contributed by atoms with E-state index >= 15 is 0 Å². The molecule has 1 aromatic carbocycles. The summed E-state index contributed by atoms with van der Waals surface area (Å²) in [6.45, 7) is 1.86. The summed E-state index contributed by atoms with van der Waals surface area (Å²) in [7, 11) is -1.99. The van der Waals surface area contributed by atoms with Gasteiger partial charge in [0, 0.05) is 4.88 Å². The molecule has 0 saturated heterocycles. The minimum Gasteiger partial charge on any atom is -0.495 e. The number of nitrogens with zero attached hydrogens (tertiary/aromatic N) is 1. The minimum atomic E-state index is -3.59. The molecule has 130 valence electrons. The van der Waals surface area contributed by atoms with E-state index in [2.05, 4.69) is 15.0 Å². The number of para-hydroxylation sites is 2. The number of hydrogen-bond acceptors (Lipinski definition) is 6. The maximum absolute atomic E-state index is 12.3. The minimum absolute atomic E-state index is 0.279. The van der Waals surface area contributed by atoms with Crippen LogP contribution in [0.15, 0.2) is 58.9 Å². The largest absolute Gasteiger partial charge is 0.495 e. The van der Waals surface area contributed by atoms with Gasteiger partial charge in [-0.2, -0.15) is 0 Å². The first-order valence-corrected chi connectivity index (χ1v) is 9.73. The van der Waals surface area contributed by atoms with Gasteiger partial charge < -0.3 is 10.1 Å². The molecule has 2 N–H and O–H groups in total. The van der Waals surface area contributed by atoms with E-state index in [1.165, 1.54) is 17.5 Å². The maximum atomic E-state index is 12.3. The number of methoxy groups -OCH3 is 1. The van der Waals surface area contributed by atoms with Crippen LogP contribution in [0.5, 0.6) is 5.75 Å². The fraction of sp³-hybridized carbons (Fsp3) is 0.118. The monoisotopic (exact) mass is 375 g/mol. The van der Waals surface area contributed by atoms with E-state index in [1.807, 2.05) is 31.2 Å². The third kappa shape index (κ3) is 4.09. The zero-order valence-electron chi connectivity index (χ0n) is 13.7. The van der Waals surface area contributed by atoms with Crippen LogP contribution in [0, 0.1) is 6.92 Å². The van der Waals surface area contributed by atoms with E-state index in [0.717, 1.165) is 10.6 Å². The predicted octanol–water partition coefficient (Wildman–Crippen LogP) is 4.00. The number of anilines is 3. The van der Waals surface area contributed by atoms with Gasteiger partial charge in [-0.05, 0) is 43.3 Å². The Kier molecular flexibility index (Phi) is 4.91. The second kappa shape index (κ2) is 7.12. The number of nitrogens with one attached hydrogen (secondary N) is 2. The normalized spacial score (nSPS) is 11.1. The number of sulfonamides is 1. The number of aromatic nitrogens is 1. The second-order valence-electron chi connectivity index (χ2n) is 5.23. The summed E-state index contributed by atoms with van der Waals surface area (Å²) >= 11 is 1.23. The van der Waals surface area contributed by atoms with Crippen LogP contribution in [0.4, 0.5) is 17.2 Å². The highest BCUT2D eigenvalue weighted by atomic mass is 32.2. The van der Waals surface area contributed by atoms with Crippen LogP contribution in [0.1, 0.15) is 4.88 Å². The number of ether oxygens (including phenoxy) is 1. The first-order chi connectivity index (χ1) is 12.0. The molecular formula is C17H17N3O3S2. The summed E-state index contributed by atoms with van der Waals surface area (Å²) in [5.41, 5.74) is 1.18. The summed E-state index contributed by atoms with van der Waals surface area (Å²) in [6, 6.07) is 14.2. The lowest BCUT2D eigenvalue weighted by atomic mass is 10.3. The molecule has 0 spiro atoms. The van der Waals surface area contributed by atoms with Gasteiger partial charge in [0.1, 0.15) is 15.8 Å². The first kappa shape index (κ1) is 17.2. The predicted molar refractivity (Wildman–Crippen MR) is 100 cm³/mol. The van der Waals surface area contributed by atoms with Gasteiger partial charge in [-0.3, -0.25) is 4.72 Å². The summed E-state index contributed by atoms with van der Waals surface area (Å²) < 4.78 is 32.7. The molecule has 8 heteroatoms. The van der Waals surface area contributed by atoms with Crippen LogP contribution in [0.25, 0.3) is 0 Å². The van der Waals surface area contributed by atoms with Crippen LogP contribution in [0.3, 0.4) is 0 Å². The molecule has 0 unspecified atom stereocenters. The molecule has 0 amide bonds. The van der Waals surface area contributed by atoms with Crippen molar-refractivity contribution < 1.29 is 13.2 Å². The van der Waals surface area contributed by atoms with Crippen LogP contribution in [-0.4, -0.2) is 20.5 Å². The third-order valence-electron chi connectivity index (χ3n) is 3.37. The highest BCUT2D eigenvalue weighted by Crippen LogP contribution is 2.27. The molecular weight excluding hydrogens is 358 g/mol. The average Bonchev–Trinajstić information content (AvgIpc) is 3.04. The Hall–Kier alpha value is -2.58. The summed E-state index contributed by atoms with van der Waals surface area (Å²) in [5.74, 6) is 1.28. The van der Waals surface area contributed by atoms with E-state index in [4.69, 9.17) is 4.74 Å². The highest BCUT2D eigenvalue weighted by Gasteiger charge is 2.16. The standard InChI is InChI=1S/C17H17N3O3S2/c1-12-7-10-17(24-12)25(21,22)20-13-8-9-16(18-11-13)19-14-5-3-4-6-15(14)23-2/h3-11,20H,1-2H3,(H,18,19).